The van der Waals surface area contributed by atoms with Crippen molar-refractivity contribution in [3.63, 3.8) is 0 Å². The van der Waals surface area contributed by atoms with Crippen LogP contribution in [0.1, 0.15) is 36.7 Å². The molecule has 1 fully saturated rings. The number of fused-ring (bicyclic) bond motifs is 5. The van der Waals surface area contributed by atoms with E-state index in [-0.39, 0.29) is 50.3 Å². The molecular weight excluding hydrogens is 591 g/mol. The first-order valence-electron chi connectivity index (χ1n) is 11.7. The van der Waals surface area contributed by atoms with Crippen molar-refractivity contribution in [2.75, 3.05) is 8.86 Å². The summed E-state index contributed by atoms with van der Waals surface area (Å²) in [6, 6.07) is 7.55. The number of hydrogen-bond acceptors (Lipinski definition) is 6. The Hall–Kier alpha value is -3.35. The third kappa shape index (κ3) is 3.57. The fourth-order valence-corrected chi connectivity index (χ4v) is 10.7. The van der Waals surface area contributed by atoms with Crippen LogP contribution in [0.4, 0.5) is 8.78 Å². The van der Waals surface area contributed by atoms with Crippen molar-refractivity contribution in [3.8, 4) is 22.6 Å². The van der Waals surface area contributed by atoms with Crippen LogP contribution in [0.3, 0.4) is 0 Å². The molecule has 2 N–H and O–H groups in total. The minimum absolute atomic E-state index is 0.0311. The van der Waals surface area contributed by atoms with Crippen molar-refractivity contribution < 1.29 is 34.8 Å². The third-order valence-corrected chi connectivity index (χ3v) is 10.8. The molecule has 0 radical (unpaired) electrons. The Morgan fingerprint density at radius 1 is 1.22 bits per heavy atom. The van der Waals surface area contributed by atoms with Crippen molar-refractivity contribution >= 4 is 5.91 Å². The molecule has 1 aromatic carbocycles. The average molecular weight is 614 g/mol. The SMILES string of the molecule is CC1(C)[C@H]2C[I-]C[C@]1(c1ccnc(-c3cnn(CC(N)=O)c3)n1)c1nnc(-c3c(F)cccc3F)cc12. The predicted molar refractivity (Wildman–Crippen MR) is 127 cm³/mol. The van der Waals surface area contributed by atoms with Crippen molar-refractivity contribution in [3.05, 3.63) is 77.5 Å². The van der Waals surface area contributed by atoms with E-state index in [0.29, 0.717) is 11.4 Å². The summed E-state index contributed by atoms with van der Waals surface area (Å²) >= 11 is -0.180. The number of rotatable bonds is 5. The van der Waals surface area contributed by atoms with Gasteiger partial charge in [-0.25, -0.2) is 0 Å². The van der Waals surface area contributed by atoms with Crippen LogP contribution in [0.2, 0.25) is 0 Å². The molecule has 190 valence electrons. The molecule has 4 heterocycles. The van der Waals surface area contributed by atoms with Gasteiger partial charge in [-0.2, -0.15) is 0 Å². The van der Waals surface area contributed by atoms with E-state index < -0.39 is 23.0 Å². The van der Waals surface area contributed by atoms with Gasteiger partial charge in [0.1, 0.15) is 0 Å². The van der Waals surface area contributed by atoms with Crippen LogP contribution in [0.25, 0.3) is 22.6 Å². The number of nitrogens with two attached hydrogens (primary N) is 1. The monoisotopic (exact) mass is 614 g/mol. The maximum atomic E-state index is 14.6. The molecule has 0 saturated carbocycles. The summed E-state index contributed by atoms with van der Waals surface area (Å²) in [5.41, 5.74) is 7.92. The van der Waals surface area contributed by atoms with Crippen LogP contribution in [-0.2, 0) is 16.8 Å². The number of carbonyl (C=O) groups excluding carboxylic acids is 1. The first-order chi connectivity index (χ1) is 17.7. The molecule has 6 rings (SSSR count). The zero-order valence-corrected chi connectivity index (χ0v) is 22.3. The van der Waals surface area contributed by atoms with Gasteiger partial charge in [-0.05, 0) is 0 Å². The summed E-state index contributed by atoms with van der Waals surface area (Å²) in [5.74, 6) is -1.14. The zero-order valence-electron chi connectivity index (χ0n) is 20.1. The molecule has 8 nitrogen and oxygen atoms in total. The van der Waals surface area contributed by atoms with E-state index in [2.05, 4.69) is 34.1 Å². The van der Waals surface area contributed by atoms with Crippen LogP contribution >= 0.6 is 0 Å². The predicted octanol–water partition coefficient (Wildman–Crippen LogP) is 0.0727. The number of carbonyl (C=O) groups is 1. The van der Waals surface area contributed by atoms with Crippen LogP contribution in [0, 0.1) is 17.0 Å². The molecule has 1 amide bonds. The number of nitrogens with zero attached hydrogens (tertiary/aromatic N) is 6. The summed E-state index contributed by atoms with van der Waals surface area (Å²) in [5, 5.41) is 13.2. The van der Waals surface area contributed by atoms with Crippen molar-refractivity contribution in [1.29, 1.82) is 0 Å². The number of alkyl halides is 2. The van der Waals surface area contributed by atoms with E-state index in [9.17, 15) is 13.6 Å². The summed E-state index contributed by atoms with van der Waals surface area (Å²) < 4.78 is 32.6. The number of amides is 1. The van der Waals surface area contributed by atoms with Gasteiger partial charge in [-0.1, -0.05) is 0 Å². The first kappa shape index (κ1) is 24.0. The fourth-order valence-electron chi connectivity index (χ4n) is 5.66. The summed E-state index contributed by atoms with van der Waals surface area (Å²) in [7, 11) is 0. The van der Waals surface area contributed by atoms with E-state index in [1.54, 1.807) is 18.6 Å². The van der Waals surface area contributed by atoms with Crippen LogP contribution < -0.4 is 26.9 Å². The molecule has 1 aliphatic heterocycles. The molecule has 4 aromatic rings. The Bertz CT molecular complexity index is 1540. The zero-order chi connectivity index (χ0) is 25.9. The normalized spacial score (nSPS) is 21.8. The van der Waals surface area contributed by atoms with E-state index in [0.717, 1.165) is 25.8 Å². The van der Waals surface area contributed by atoms with E-state index >= 15 is 0 Å². The number of aromatic nitrogens is 6. The van der Waals surface area contributed by atoms with Crippen LogP contribution in [-0.4, -0.2) is 44.7 Å². The van der Waals surface area contributed by atoms with E-state index in [1.165, 1.54) is 22.9 Å². The number of primary amides is 1. The van der Waals surface area contributed by atoms with Gasteiger partial charge in [0.15, 0.2) is 0 Å². The van der Waals surface area contributed by atoms with Gasteiger partial charge in [-0.3, -0.25) is 0 Å². The molecule has 1 aliphatic carbocycles. The van der Waals surface area contributed by atoms with E-state index in [4.69, 9.17) is 10.7 Å². The molecule has 2 aliphatic rings. The van der Waals surface area contributed by atoms with Crippen molar-refractivity contribution in [1.82, 2.24) is 29.9 Å². The Morgan fingerprint density at radius 3 is 2.76 bits per heavy atom. The number of hydrogen-bond donors (Lipinski definition) is 1. The Labute approximate surface area is 222 Å². The Morgan fingerprint density at radius 2 is 2.00 bits per heavy atom. The van der Waals surface area contributed by atoms with Gasteiger partial charge in [0.05, 0.1) is 0 Å². The topological polar surface area (TPSA) is 112 Å². The van der Waals surface area contributed by atoms with Gasteiger partial charge in [-0.15, -0.1) is 0 Å². The van der Waals surface area contributed by atoms with E-state index in [1.807, 2.05) is 12.1 Å². The van der Waals surface area contributed by atoms with Crippen LogP contribution in [0.15, 0.2) is 48.9 Å². The Kier molecular flexibility index (Phi) is 5.58. The molecule has 1 saturated heterocycles. The number of benzene rings is 1. The van der Waals surface area contributed by atoms with Gasteiger partial charge in [0.25, 0.3) is 0 Å². The quantitative estimate of drug-likeness (QED) is 0.252. The van der Waals surface area contributed by atoms with Crippen LogP contribution in [0.5, 0.6) is 0 Å². The minimum atomic E-state index is -0.658. The summed E-state index contributed by atoms with van der Waals surface area (Å²) in [6.07, 6.45) is 5.03. The fraction of sp³-hybridized carbons (Fsp3) is 0.308. The maximum absolute atomic E-state index is 14.6. The summed E-state index contributed by atoms with van der Waals surface area (Å²) in [6.45, 7) is 4.41. The molecule has 2 bridgehead atoms. The summed E-state index contributed by atoms with van der Waals surface area (Å²) in [4.78, 5) is 20.7. The second kappa shape index (κ2) is 8.61. The van der Waals surface area contributed by atoms with Crippen molar-refractivity contribution in [2.24, 2.45) is 11.1 Å². The molecule has 0 unspecified atom stereocenters. The first-order valence-corrected chi connectivity index (χ1v) is 14.8. The molecule has 0 spiro atoms. The molecular formula is C26H23F2IN7O-. The molecule has 11 heteroatoms. The van der Waals surface area contributed by atoms with Gasteiger partial charge in [0.2, 0.25) is 0 Å². The van der Waals surface area contributed by atoms with Gasteiger partial charge < -0.3 is 0 Å². The third-order valence-electron chi connectivity index (χ3n) is 7.65. The van der Waals surface area contributed by atoms with Crippen molar-refractivity contribution in [2.45, 2.75) is 31.7 Å². The average Bonchev–Trinajstić information content (AvgIpc) is 3.31. The second-order valence-electron chi connectivity index (χ2n) is 9.95. The van der Waals surface area contributed by atoms with Gasteiger partial charge in [0, 0.05) is 0 Å². The number of halogens is 3. The molecule has 2 atom stereocenters. The standard InChI is InChI=1S/C26H23F2IN7O/c1-25(2)16-9-29-13-26(25,20-6-7-31-24(33-20)14-10-32-36(11-14)12-21(30)37)23-15(16)8-19(34-35-23)22-17(27)4-3-5-18(22)28/h3-8,10-11,16H,9,12-13H2,1-2H3,(H2,30,37)/q-1/t16-,26-/m0/s1. The molecule has 3 aromatic heterocycles. The van der Waals surface area contributed by atoms with Gasteiger partial charge >= 0.3 is 223 Å². The second-order valence-corrected chi connectivity index (χ2v) is 12.7. The molecule has 37 heavy (non-hydrogen) atoms. The Balaban J connectivity index is 1.49.